The fourth-order valence-corrected chi connectivity index (χ4v) is 4.45. The van der Waals surface area contributed by atoms with Crippen molar-refractivity contribution in [2.45, 2.75) is 69.8 Å². The number of carbonyl (C=O) groups is 1. The molecule has 1 aromatic rings. The molecule has 0 aromatic carbocycles. The molecule has 5 heteroatoms. The van der Waals surface area contributed by atoms with Crippen molar-refractivity contribution in [3.05, 3.63) is 17.0 Å². The molecule has 3 heterocycles. The van der Waals surface area contributed by atoms with Gasteiger partial charge >= 0.3 is 0 Å². The van der Waals surface area contributed by atoms with Gasteiger partial charge in [-0.25, -0.2) is 0 Å². The molecule has 0 saturated carbocycles. The van der Waals surface area contributed by atoms with Gasteiger partial charge in [0.1, 0.15) is 0 Å². The molecule has 2 saturated heterocycles. The van der Waals surface area contributed by atoms with Crippen molar-refractivity contribution in [2.24, 2.45) is 0 Å². The molecule has 126 valence electrons. The molecule has 2 aliphatic heterocycles. The Labute approximate surface area is 137 Å². The smallest absolute Gasteiger partial charge is 0.222 e. The van der Waals surface area contributed by atoms with Crippen molar-refractivity contribution in [1.82, 2.24) is 15.1 Å². The van der Waals surface area contributed by atoms with Crippen LogP contribution in [0.3, 0.4) is 0 Å². The fraction of sp³-hybridized carbons (Fsp3) is 0.778. The number of carbonyl (C=O) groups excluding carboxylic acids is 1. The first-order valence-corrected chi connectivity index (χ1v) is 9.23. The van der Waals surface area contributed by atoms with Crippen molar-refractivity contribution in [2.75, 3.05) is 19.7 Å². The van der Waals surface area contributed by atoms with Crippen LogP contribution in [-0.4, -0.2) is 46.3 Å². The second-order valence-electron chi connectivity index (χ2n) is 7.35. The van der Waals surface area contributed by atoms with Gasteiger partial charge in [-0.1, -0.05) is 0 Å². The van der Waals surface area contributed by atoms with E-state index in [0.29, 0.717) is 6.42 Å². The van der Waals surface area contributed by atoms with Crippen molar-refractivity contribution in [3.63, 3.8) is 0 Å². The maximum atomic E-state index is 12.5. The number of piperidine rings is 1. The van der Waals surface area contributed by atoms with E-state index in [1.54, 1.807) is 0 Å². The summed E-state index contributed by atoms with van der Waals surface area (Å²) in [7, 11) is 0. The highest BCUT2D eigenvalue weighted by molar-refractivity contribution is 5.76. The third-order valence-corrected chi connectivity index (χ3v) is 5.93. The number of nitrogens with zero attached hydrogens (tertiary/aromatic N) is 2. The molecule has 2 fully saturated rings. The van der Waals surface area contributed by atoms with Crippen LogP contribution >= 0.6 is 0 Å². The Balaban J connectivity index is 1.30. The standard InChI is InChI=1S/C18H27N3O2/c22-17(21-11-9-18(10-12-21)8-3-13-23-18)7-6-16-14-4-1-2-5-15(14)19-20-16/h1-13H2,(H,19,20). The number of aromatic nitrogens is 2. The quantitative estimate of drug-likeness (QED) is 0.931. The number of hydrogen-bond donors (Lipinski definition) is 1. The third kappa shape index (κ3) is 3.03. The molecule has 1 aromatic heterocycles. The highest BCUT2D eigenvalue weighted by atomic mass is 16.5. The Hall–Kier alpha value is -1.36. The number of aryl methyl sites for hydroxylation is 2. The van der Waals surface area contributed by atoms with E-state index in [0.717, 1.165) is 57.5 Å². The molecule has 1 amide bonds. The minimum Gasteiger partial charge on any atom is -0.375 e. The molecule has 1 spiro atoms. The first-order valence-electron chi connectivity index (χ1n) is 9.23. The van der Waals surface area contributed by atoms with Crippen LogP contribution in [0.4, 0.5) is 0 Å². The van der Waals surface area contributed by atoms with E-state index in [1.165, 1.54) is 36.9 Å². The van der Waals surface area contributed by atoms with Crippen molar-refractivity contribution >= 4 is 5.91 Å². The lowest BCUT2D eigenvalue weighted by Gasteiger charge is -2.38. The highest BCUT2D eigenvalue weighted by Crippen LogP contribution is 2.35. The number of ether oxygens (including phenoxy) is 1. The third-order valence-electron chi connectivity index (χ3n) is 5.93. The van der Waals surface area contributed by atoms with E-state index in [9.17, 15) is 4.79 Å². The average molecular weight is 317 g/mol. The predicted octanol–water partition coefficient (Wildman–Crippen LogP) is 2.39. The lowest BCUT2D eigenvalue weighted by atomic mass is 9.88. The number of H-pyrrole nitrogens is 1. The Morgan fingerprint density at radius 2 is 2.00 bits per heavy atom. The number of amides is 1. The van der Waals surface area contributed by atoms with E-state index < -0.39 is 0 Å². The van der Waals surface area contributed by atoms with Crippen molar-refractivity contribution in [1.29, 1.82) is 0 Å². The van der Waals surface area contributed by atoms with Crippen molar-refractivity contribution in [3.8, 4) is 0 Å². The van der Waals surface area contributed by atoms with Crippen LogP contribution in [0, 0.1) is 0 Å². The van der Waals surface area contributed by atoms with E-state index in [4.69, 9.17) is 4.74 Å². The van der Waals surface area contributed by atoms with Crippen LogP contribution in [0.2, 0.25) is 0 Å². The molecule has 0 bridgehead atoms. The number of hydrogen-bond acceptors (Lipinski definition) is 3. The van der Waals surface area contributed by atoms with Gasteiger partial charge < -0.3 is 9.64 Å². The van der Waals surface area contributed by atoms with Gasteiger partial charge in [-0.05, 0) is 56.9 Å². The van der Waals surface area contributed by atoms with Crippen LogP contribution < -0.4 is 0 Å². The van der Waals surface area contributed by atoms with E-state index in [-0.39, 0.29) is 11.5 Å². The van der Waals surface area contributed by atoms with Gasteiger partial charge in [-0.2, -0.15) is 5.10 Å². The molecular formula is C18H27N3O2. The Kier molecular flexibility index (Phi) is 4.14. The molecule has 0 atom stereocenters. The Morgan fingerprint density at radius 1 is 1.17 bits per heavy atom. The predicted molar refractivity (Wildman–Crippen MR) is 87.3 cm³/mol. The number of rotatable bonds is 3. The average Bonchev–Trinajstić information content (AvgIpc) is 3.21. The molecule has 4 rings (SSSR count). The molecule has 1 aliphatic carbocycles. The second-order valence-corrected chi connectivity index (χ2v) is 7.35. The molecule has 3 aliphatic rings. The largest absolute Gasteiger partial charge is 0.375 e. The summed E-state index contributed by atoms with van der Waals surface area (Å²) in [4.78, 5) is 14.5. The van der Waals surface area contributed by atoms with Gasteiger partial charge in [0.25, 0.3) is 0 Å². The van der Waals surface area contributed by atoms with Gasteiger partial charge in [0.05, 0.1) is 11.3 Å². The summed E-state index contributed by atoms with van der Waals surface area (Å²) < 4.78 is 5.94. The summed E-state index contributed by atoms with van der Waals surface area (Å²) in [6.07, 6.45) is 10.5. The fourth-order valence-electron chi connectivity index (χ4n) is 4.45. The summed E-state index contributed by atoms with van der Waals surface area (Å²) in [5.74, 6) is 0.283. The number of likely N-dealkylation sites (tertiary alicyclic amines) is 1. The summed E-state index contributed by atoms with van der Waals surface area (Å²) in [6.45, 7) is 2.62. The maximum Gasteiger partial charge on any atom is 0.222 e. The lowest BCUT2D eigenvalue weighted by molar-refractivity contribution is -0.136. The van der Waals surface area contributed by atoms with Crippen molar-refractivity contribution < 1.29 is 9.53 Å². The van der Waals surface area contributed by atoms with Gasteiger partial charge in [-0.15, -0.1) is 0 Å². The van der Waals surface area contributed by atoms with Crippen LogP contribution in [0.1, 0.15) is 61.9 Å². The van der Waals surface area contributed by atoms with E-state index >= 15 is 0 Å². The molecule has 0 radical (unpaired) electrons. The maximum absolute atomic E-state index is 12.5. The van der Waals surface area contributed by atoms with E-state index in [2.05, 4.69) is 10.2 Å². The van der Waals surface area contributed by atoms with Gasteiger partial charge in [0, 0.05) is 38.2 Å². The zero-order valence-corrected chi connectivity index (χ0v) is 13.9. The SMILES string of the molecule is O=C(CCc1n[nH]c2c1CCCC2)N1CCC2(CCCO2)CC1. The van der Waals surface area contributed by atoms with E-state index in [1.807, 2.05) is 4.90 Å². The molecule has 5 nitrogen and oxygen atoms in total. The summed E-state index contributed by atoms with van der Waals surface area (Å²) in [6, 6.07) is 0. The van der Waals surface area contributed by atoms with Gasteiger partial charge in [0.2, 0.25) is 5.91 Å². The first-order chi connectivity index (χ1) is 11.3. The van der Waals surface area contributed by atoms with Crippen LogP contribution in [-0.2, 0) is 28.8 Å². The number of aromatic amines is 1. The van der Waals surface area contributed by atoms with Crippen LogP contribution in [0.5, 0.6) is 0 Å². The number of fused-ring (bicyclic) bond motifs is 1. The minimum atomic E-state index is 0.0953. The molecule has 0 unspecified atom stereocenters. The van der Waals surface area contributed by atoms with Crippen LogP contribution in [0.25, 0.3) is 0 Å². The topological polar surface area (TPSA) is 58.2 Å². The lowest BCUT2D eigenvalue weighted by Crippen LogP contribution is -2.46. The highest BCUT2D eigenvalue weighted by Gasteiger charge is 2.39. The molecule has 1 N–H and O–H groups in total. The normalized spacial score (nSPS) is 23.2. The van der Waals surface area contributed by atoms with Gasteiger partial charge in [-0.3, -0.25) is 9.89 Å². The first kappa shape index (κ1) is 15.2. The summed E-state index contributed by atoms with van der Waals surface area (Å²) in [5.41, 5.74) is 3.91. The second kappa shape index (κ2) is 6.27. The zero-order chi connectivity index (χ0) is 15.7. The zero-order valence-electron chi connectivity index (χ0n) is 13.9. The number of nitrogens with one attached hydrogen (secondary N) is 1. The van der Waals surface area contributed by atoms with Crippen LogP contribution in [0.15, 0.2) is 0 Å². The summed E-state index contributed by atoms with van der Waals surface area (Å²) >= 11 is 0. The Bertz CT molecular complexity index is 565. The molecular weight excluding hydrogens is 290 g/mol. The summed E-state index contributed by atoms with van der Waals surface area (Å²) in [5, 5.41) is 7.63. The molecule has 23 heavy (non-hydrogen) atoms. The monoisotopic (exact) mass is 317 g/mol. The Morgan fingerprint density at radius 3 is 2.78 bits per heavy atom. The van der Waals surface area contributed by atoms with Gasteiger partial charge in [0.15, 0.2) is 0 Å². The minimum absolute atomic E-state index is 0.0953.